The van der Waals surface area contributed by atoms with Gasteiger partial charge in [-0.1, -0.05) is 97.8 Å². The van der Waals surface area contributed by atoms with Gasteiger partial charge in [-0.2, -0.15) is 0 Å². The van der Waals surface area contributed by atoms with E-state index in [0.29, 0.717) is 6.42 Å². The minimum Gasteiger partial charge on any atom is -0.370 e. The Balaban J connectivity index is 1.89. The molecule has 1 aliphatic heterocycles. The number of morpholine rings is 1. The van der Waals surface area contributed by atoms with Crippen LogP contribution in [0.3, 0.4) is 0 Å². The van der Waals surface area contributed by atoms with Crippen LogP contribution >= 0.6 is 0 Å². The second-order valence-electron chi connectivity index (χ2n) is 9.64. The van der Waals surface area contributed by atoms with E-state index in [-0.39, 0.29) is 5.91 Å². The molecule has 1 saturated heterocycles. The molecule has 1 fully saturated rings. The molecule has 0 aliphatic carbocycles. The molecule has 4 heteroatoms. The molecule has 1 N–H and O–H groups in total. The largest absolute Gasteiger partial charge is 0.370 e. The maximum Gasteiger partial charge on any atom is 0.264 e. The van der Waals surface area contributed by atoms with Crippen molar-refractivity contribution in [3.63, 3.8) is 0 Å². The Labute approximate surface area is 181 Å². The summed E-state index contributed by atoms with van der Waals surface area (Å²) in [7, 11) is 0. The van der Waals surface area contributed by atoms with Gasteiger partial charge in [-0.25, -0.2) is 10.0 Å². The van der Waals surface area contributed by atoms with Crippen molar-refractivity contribution >= 4 is 5.91 Å². The number of hydrogen-bond acceptors (Lipinski definition) is 2. The highest BCUT2D eigenvalue weighted by molar-refractivity contribution is 5.74. The number of hydrogen-bond donors (Lipinski definition) is 1. The van der Waals surface area contributed by atoms with Gasteiger partial charge in [0, 0.05) is 6.42 Å². The second-order valence-corrected chi connectivity index (χ2v) is 9.64. The molecule has 172 valence electrons. The molecule has 1 heterocycles. The molecule has 0 aromatic heterocycles. The van der Waals surface area contributed by atoms with Crippen LogP contribution < -0.4 is 5.43 Å². The van der Waals surface area contributed by atoms with Crippen molar-refractivity contribution in [2.45, 2.75) is 117 Å². The number of carbonyl (C=O) groups excluding carboxylic acids is 1. The van der Waals surface area contributed by atoms with E-state index in [1.54, 1.807) is 0 Å². The highest BCUT2D eigenvalue weighted by Gasteiger charge is 2.31. The maximum absolute atomic E-state index is 12.4. The minimum atomic E-state index is 0.230. The van der Waals surface area contributed by atoms with Crippen LogP contribution in [0.1, 0.15) is 117 Å². The molecule has 0 radical (unpaired) electrons. The fraction of sp³-hybridized carbons (Fsp3) is 0.960. The summed E-state index contributed by atoms with van der Waals surface area (Å²) in [6.45, 7) is 11.2. The van der Waals surface area contributed by atoms with Gasteiger partial charge in [-0.3, -0.25) is 4.79 Å². The van der Waals surface area contributed by atoms with Crippen LogP contribution in [0.2, 0.25) is 0 Å². The molecule has 0 atom stereocenters. The Morgan fingerprint density at radius 2 is 1.31 bits per heavy atom. The molecule has 1 amide bonds. The van der Waals surface area contributed by atoms with Gasteiger partial charge < -0.3 is 4.74 Å². The molecule has 0 saturated carbocycles. The lowest BCUT2D eigenvalue weighted by molar-refractivity contribution is -0.967. The maximum atomic E-state index is 12.4. The first kappa shape index (κ1) is 26.4. The number of ether oxygens (including phenoxy) is 1. The van der Waals surface area contributed by atoms with Crippen LogP contribution in [0.4, 0.5) is 0 Å². The molecule has 0 aromatic carbocycles. The fourth-order valence-corrected chi connectivity index (χ4v) is 4.44. The molecule has 0 bridgehead atoms. The molecule has 0 spiro atoms. The topological polar surface area (TPSA) is 38.3 Å². The highest BCUT2D eigenvalue weighted by atomic mass is 16.5. The summed E-state index contributed by atoms with van der Waals surface area (Å²) < 4.78 is 6.20. The number of rotatable bonds is 18. The van der Waals surface area contributed by atoms with Gasteiger partial charge >= 0.3 is 0 Å². The minimum absolute atomic E-state index is 0.230. The first-order chi connectivity index (χ1) is 14.1. The summed E-state index contributed by atoms with van der Waals surface area (Å²) in [5, 5.41) is 0. The molecule has 0 aromatic rings. The van der Waals surface area contributed by atoms with Gasteiger partial charge in [0.2, 0.25) is 0 Å². The van der Waals surface area contributed by atoms with E-state index in [1.807, 2.05) is 0 Å². The number of nitrogens with zero attached hydrogens (tertiary/aromatic N) is 1. The van der Waals surface area contributed by atoms with Crippen molar-refractivity contribution in [2.75, 3.05) is 32.8 Å². The monoisotopic (exact) mass is 411 g/mol. The number of quaternary nitrogens is 1. The van der Waals surface area contributed by atoms with Crippen LogP contribution in [-0.4, -0.2) is 43.3 Å². The van der Waals surface area contributed by atoms with Crippen LogP contribution in [0, 0.1) is 5.92 Å². The van der Waals surface area contributed by atoms with E-state index in [1.165, 1.54) is 77.0 Å². The van der Waals surface area contributed by atoms with Crippen LogP contribution in [0.15, 0.2) is 0 Å². The summed E-state index contributed by atoms with van der Waals surface area (Å²) in [5.41, 5.74) is 3.30. The van der Waals surface area contributed by atoms with Gasteiger partial charge in [0.25, 0.3) is 5.91 Å². The van der Waals surface area contributed by atoms with Crippen molar-refractivity contribution in [3.05, 3.63) is 0 Å². The van der Waals surface area contributed by atoms with Crippen molar-refractivity contribution in [1.29, 1.82) is 0 Å². The Kier molecular flexibility index (Phi) is 15.6. The van der Waals surface area contributed by atoms with E-state index in [0.717, 1.165) is 56.2 Å². The second kappa shape index (κ2) is 17.1. The Morgan fingerprint density at radius 1 is 0.828 bits per heavy atom. The quantitative estimate of drug-likeness (QED) is 0.209. The third-order valence-electron chi connectivity index (χ3n) is 6.28. The molecule has 29 heavy (non-hydrogen) atoms. The van der Waals surface area contributed by atoms with Gasteiger partial charge in [0.1, 0.15) is 19.6 Å². The summed E-state index contributed by atoms with van der Waals surface area (Å²) in [6, 6.07) is 0. The summed E-state index contributed by atoms with van der Waals surface area (Å²) in [6.07, 6.45) is 19.3. The normalized spacial score (nSPS) is 16.3. The van der Waals surface area contributed by atoms with Gasteiger partial charge in [0.05, 0.1) is 13.2 Å². The number of amides is 1. The zero-order valence-electron chi connectivity index (χ0n) is 20.0. The third kappa shape index (κ3) is 14.1. The molecule has 1 aliphatic rings. The van der Waals surface area contributed by atoms with E-state index < -0.39 is 0 Å². The first-order valence-corrected chi connectivity index (χ1v) is 12.8. The van der Waals surface area contributed by atoms with Gasteiger partial charge in [-0.15, -0.1) is 0 Å². The SMILES string of the molecule is CCC[N+]1(NC(=O)CCCCCCCCCCCCCCC(C)C)CCOCC1. The molecule has 4 nitrogen and oxygen atoms in total. The zero-order chi connectivity index (χ0) is 21.2. The predicted octanol–water partition coefficient (Wildman–Crippen LogP) is 6.39. The molecule has 1 rings (SSSR count). The van der Waals surface area contributed by atoms with Crippen molar-refractivity contribution < 1.29 is 14.1 Å². The van der Waals surface area contributed by atoms with Gasteiger partial charge in [-0.05, 0) is 18.8 Å². The van der Waals surface area contributed by atoms with Crippen molar-refractivity contribution in [1.82, 2.24) is 5.43 Å². The lowest BCUT2D eigenvalue weighted by atomic mass is 10.0. The average molecular weight is 412 g/mol. The number of carbonyl (C=O) groups is 1. The Hall–Kier alpha value is -0.610. The first-order valence-electron chi connectivity index (χ1n) is 12.8. The lowest BCUT2D eigenvalue weighted by Gasteiger charge is -2.39. The highest BCUT2D eigenvalue weighted by Crippen LogP contribution is 2.15. The van der Waals surface area contributed by atoms with E-state index in [4.69, 9.17) is 4.74 Å². The Bertz CT molecular complexity index is 387. The molecule has 0 unspecified atom stereocenters. The standard InChI is InChI=1S/C25H50N2O2/c1-4-19-27(20-22-29-23-21-27)26-25(28)18-16-14-12-10-8-6-5-7-9-11-13-15-17-24(2)3/h24H,4-23H2,1-3H3/p+1. The summed E-state index contributed by atoms with van der Waals surface area (Å²) >= 11 is 0. The van der Waals surface area contributed by atoms with Crippen molar-refractivity contribution in [2.24, 2.45) is 5.92 Å². The van der Waals surface area contributed by atoms with Crippen molar-refractivity contribution in [3.8, 4) is 0 Å². The predicted molar refractivity (Wildman–Crippen MR) is 124 cm³/mol. The van der Waals surface area contributed by atoms with E-state index in [2.05, 4.69) is 26.2 Å². The zero-order valence-corrected chi connectivity index (χ0v) is 20.0. The summed E-state index contributed by atoms with van der Waals surface area (Å²) in [4.78, 5) is 12.4. The number of unbranched alkanes of at least 4 members (excludes halogenated alkanes) is 11. The van der Waals surface area contributed by atoms with Crippen LogP contribution in [0.5, 0.6) is 0 Å². The fourth-order valence-electron chi connectivity index (χ4n) is 4.44. The van der Waals surface area contributed by atoms with Crippen LogP contribution in [0.25, 0.3) is 0 Å². The third-order valence-corrected chi connectivity index (χ3v) is 6.28. The molecular weight excluding hydrogens is 360 g/mol. The van der Waals surface area contributed by atoms with E-state index >= 15 is 0 Å². The average Bonchev–Trinajstić information content (AvgIpc) is 2.68. The van der Waals surface area contributed by atoms with E-state index in [9.17, 15) is 4.79 Å². The number of nitrogens with one attached hydrogen (secondary N) is 1. The van der Waals surface area contributed by atoms with Gasteiger partial charge in [0.15, 0.2) is 0 Å². The molecular formula is C25H51N2O2+. The smallest absolute Gasteiger partial charge is 0.264 e. The lowest BCUT2D eigenvalue weighted by Crippen LogP contribution is -2.65. The van der Waals surface area contributed by atoms with Crippen LogP contribution in [-0.2, 0) is 9.53 Å². The Morgan fingerprint density at radius 3 is 1.79 bits per heavy atom. The summed E-state index contributed by atoms with van der Waals surface area (Å²) in [5.74, 6) is 1.10.